The van der Waals surface area contributed by atoms with Crippen molar-refractivity contribution in [3.05, 3.63) is 0 Å². The van der Waals surface area contributed by atoms with Gasteiger partial charge in [-0.15, -0.1) is 0 Å². The fraction of sp³-hybridized carbons (Fsp3) is 0.917. The molecule has 2 aliphatic rings. The largest absolute Gasteiger partial charge is 0.365 e. The van der Waals surface area contributed by atoms with Crippen LogP contribution in [0.15, 0.2) is 0 Å². The Hall–Kier alpha value is -0.610. The summed E-state index contributed by atoms with van der Waals surface area (Å²) < 4.78 is 5.50. The highest BCUT2D eigenvalue weighted by molar-refractivity contribution is 5.84. The van der Waals surface area contributed by atoms with Gasteiger partial charge in [-0.25, -0.2) is 0 Å². The van der Waals surface area contributed by atoms with Crippen LogP contribution in [0.1, 0.15) is 39.0 Å². The Morgan fingerprint density at radius 3 is 2.94 bits per heavy atom. The van der Waals surface area contributed by atoms with Gasteiger partial charge in [-0.3, -0.25) is 4.79 Å². The zero-order valence-corrected chi connectivity index (χ0v) is 10.00. The Morgan fingerprint density at radius 1 is 1.56 bits per heavy atom. The van der Waals surface area contributed by atoms with E-state index in [1.165, 1.54) is 0 Å². The number of hydrogen-bond acceptors (Lipinski definition) is 3. The van der Waals surface area contributed by atoms with Crippen molar-refractivity contribution in [2.75, 3.05) is 13.2 Å². The van der Waals surface area contributed by atoms with Gasteiger partial charge in [-0.2, -0.15) is 0 Å². The monoisotopic (exact) mass is 226 g/mol. The van der Waals surface area contributed by atoms with Crippen molar-refractivity contribution < 1.29 is 9.53 Å². The second-order valence-electron chi connectivity index (χ2n) is 5.33. The predicted octanol–water partition coefficient (Wildman–Crippen LogP) is 0.799. The van der Waals surface area contributed by atoms with Gasteiger partial charge in [0.25, 0.3) is 5.91 Å². The minimum Gasteiger partial charge on any atom is -0.365 e. The van der Waals surface area contributed by atoms with Gasteiger partial charge >= 0.3 is 0 Å². The number of rotatable bonds is 3. The van der Waals surface area contributed by atoms with Crippen molar-refractivity contribution in [3.8, 4) is 0 Å². The van der Waals surface area contributed by atoms with Crippen LogP contribution >= 0.6 is 0 Å². The lowest BCUT2D eigenvalue weighted by Gasteiger charge is -2.23. The Labute approximate surface area is 96.9 Å². The molecule has 1 heterocycles. The van der Waals surface area contributed by atoms with E-state index in [4.69, 9.17) is 10.5 Å². The highest BCUT2D eigenvalue weighted by Gasteiger charge is 2.37. The number of nitrogens with two attached hydrogens (primary N) is 1. The lowest BCUT2D eigenvalue weighted by atomic mass is 10.0. The number of carbonyl (C=O) groups is 1. The van der Waals surface area contributed by atoms with Crippen LogP contribution in [-0.4, -0.2) is 30.7 Å². The molecule has 3 atom stereocenters. The second kappa shape index (κ2) is 4.72. The van der Waals surface area contributed by atoms with Crippen molar-refractivity contribution in [1.82, 2.24) is 5.32 Å². The Bertz CT molecular complexity index is 262. The first-order valence-corrected chi connectivity index (χ1v) is 6.28. The van der Waals surface area contributed by atoms with E-state index in [9.17, 15) is 4.79 Å². The van der Waals surface area contributed by atoms with Crippen LogP contribution in [0.4, 0.5) is 0 Å². The molecule has 92 valence electrons. The molecule has 0 radical (unpaired) electrons. The summed E-state index contributed by atoms with van der Waals surface area (Å²) in [4.78, 5) is 11.9. The number of carbonyl (C=O) groups excluding carboxylic acids is 1. The fourth-order valence-corrected chi connectivity index (χ4v) is 2.68. The van der Waals surface area contributed by atoms with Crippen molar-refractivity contribution in [2.45, 2.75) is 50.7 Å². The molecular weight excluding hydrogens is 204 g/mol. The first-order valence-electron chi connectivity index (χ1n) is 6.28. The van der Waals surface area contributed by atoms with Crippen LogP contribution in [-0.2, 0) is 9.53 Å². The van der Waals surface area contributed by atoms with Gasteiger partial charge in [0.15, 0.2) is 0 Å². The van der Waals surface area contributed by atoms with Crippen LogP contribution < -0.4 is 11.1 Å². The molecular formula is C12H22N2O2. The van der Waals surface area contributed by atoms with Crippen molar-refractivity contribution in [3.63, 3.8) is 0 Å². The van der Waals surface area contributed by atoms with E-state index < -0.39 is 5.60 Å². The van der Waals surface area contributed by atoms with E-state index in [1.807, 2.05) is 6.92 Å². The molecule has 3 N–H and O–H groups in total. The van der Waals surface area contributed by atoms with Crippen molar-refractivity contribution in [2.24, 2.45) is 11.7 Å². The minimum absolute atomic E-state index is 0.0467. The van der Waals surface area contributed by atoms with Gasteiger partial charge in [-0.1, -0.05) is 0 Å². The maximum Gasteiger partial charge on any atom is 0.251 e. The maximum absolute atomic E-state index is 11.9. The predicted molar refractivity (Wildman–Crippen MR) is 61.9 cm³/mol. The Morgan fingerprint density at radius 2 is 2.38 bits per heavy atom. The quantitative estimate of drug-likeness (QED) is 0.748. The Kier molecular flexibility index (Phi) is 3.50. The molecule has 0 aromatic rings. The standard InChI is InChI=1S/C12H22N2O2/c1-12(5-2-6-16-12)11(15)14-8-9-3-4-10(13)7-9/h9-10H,2-8,13H2,1H3,(H,14,15). The molecule has 0 aromatic heterocycles. The lowest BCUT2D eigenvalue weighted by Crippen LogP contribution is -2.45. The normalized spacial score (nSPS) is 38.9. The van der Waals surface area contributed by atoms with E-state index >= 15 is 0 Å². The summed E-state index contributed by atoms with van der Waals surface area (Å²) in [6.45, 7) is 3.35. The molecule has 2 rings (SSSR count). The number of ether oxygens (including phenoxy) is 1. The molecule has 1 aliphatic heterocycles. The van der Waals surface area contributed by atoms with Crippen LogP contribution in [0.2, 0.25) is 0 Å². The van der Waals surface area contributed by atoms with Crippen LogP contribution in [0, 0.1) is 5.92 Å². The third-order valence-corrected chi connectivity index (χ3v) is 3.83. The number of nitrogens with one attached hydrogen (secondary N) is 1. The molecule has 4 nitrogen and oxygen atoms in total. The number of hydrogen-bond donors (Lipinski definition) is 2. The van der Waals surface area contributed by atoms with Gasteiger partial charge in [0.1, 0.15) is 5.60 Å². The van der Waals surface area contributed by atoms with Gasteiger partial charge in [0.2, 0.25) is 0 Å². The molecule has 0 aromatic carbocycles. The zero-order valence-electron chi connectivity index (χ0n) is 10.00. The average Bonchev–Trinajstić information content (AvgIpc) is 2.85. The highest BCUT2D eigenvalue weighted by Crippen LogP contribution is 2.26. The van der Waals surface area contributed by atoms with Gasteiger partial charge in [0, 0.05) is 19.2 Å². The summed E-state index contributed by atoms with van der Waals surface area (Å²) in [6, 6.07) is 0.334. The van der Waals surface area contributed by atoms with E-state index in [2.05, 4.69) is 5.32 Å². The molecule has 1 amide bonds. The van der Waals surface area contributed by atoms with Crippen LogP contribution in [0.5, 0.6) is 0 Å². The molecule has 1 saturated heterocycles. The topological polar surface area (TPSA) is 64.4 Å². The van der Waals surface area contributed by atoms with Crippen molar-refractivity contribution >= 4 is 5.91 Å². The van der Waals surface area contributed by atoms with Crippen molar-refractivity contribution in [1.29, 1.82) is 0 Å². The molecule has 2 fully saturated rings. The summed E-state index contributed by atoms with van der Waals surface area (Å²) >= 11 is 0. The van der Waals surface area contributed by atoms with Crippen LogP contribution in [0.25, 0.3) is 0 Å². The minimum atomic E-state index is -0.583. The van der Waals surface area contributed by atoms with Gasteiger partial charge < -0.3 is 15.8 Å². The summed E-state index contributed by atoms with van der Waals surface area (Å²) in [5.74, 6) is 0.606. The summed E-state index contributed by atoms with van der Waals surface area (Å²) in [6.07, 6.45) is 5.09. The molecule has 4 heteroatoms. The molecule has 3 unspecified atom stereocenters. The molecule has 1 saturated carbocycles. The average molecular weight is 226 g/mol. The summed E-state index contributed by atoms with van der Waals surface area (Å²) in [5, 5.41) is 3.01. The van der Waals surface area contributed by atoms with E-state index in [1.54, 1.807) is 0 Å². The second-order valence-corrected chi connectivity index (χ2v) is 5.33. The maximum atomic E-state index is 11.9. The third kappa shape index (κ3) is 2.55. The molecule has 16 heavy (non-hydrogen) atoms. The fourth-order valence-electron chi connectivity index (χ4n) is 2.68. The smallest absolute Gasteiger partial charge is 0.251 e. The third-order valence-electron chi connectivity index (χ3n) is 3.83. The van der Waals surface area contributed by atoms with E-state index in [-0.39, 0.29) is 5.91 Å². The first kappa shape index (κ1) is 11.9. The highest BCUT2D eigenvalue weighted by atomic mass is 16.5. The zero-order chi connectivity index (χ0) is 11.6. The van der Waals surface area contributed by atoms with Crippen LogP contribution in [0.3, 0.4) is 0 Å². The van der Waals surface area contributed by atoms with E-state index in [0.717, 1.165) is 38.6 Å². The summed E-state index contributed by atoms with van der Waals surface area (Å²) in [7, 11) is 0. The molecule has 1 aliphatic carbocycles. The van der Waals surface area contributed by atoms with Gasteiger partial charge in [-0.05, 0) is 44.9 Å². The molecule has 0 spiro atoms. The first-order chi connectivity index (χ1) is 7.60. The van der Waals surface area contributed by atoms with E-state index in [0.29, 0.717) is 18.6 Å². The van der Waals surface area contributed by atoms with Gasteiger partial charge in [0.05, 0.1) is 0 Å². The summed E-state index contributed by atoms with van der Waals surface area (Å²) in [5.41, 5.74) is 5.26. The Balaban J connectivity index is 1.75. The SMILES string of the molecule is CC1(C(=O)NCC2CCC(N)C2)CCCO1. The lowest BCUT2D eigenvalue weighted by molar-refractivity contribution is -0.139. The molecule has 0 bridgehead atoms. The number of amides is 1.